The van der Waals surface area contributed by atoms with Gasteiger partial charge in [0.15, 0.2) is 18.0 Å². The minimum Gasteiger partial charge on any atom is -0.458 e. The number of benzene rings is 1. The third kappa shape index (κ3) is 7.30. The molecule has 0 bridgehead atoms. The van der Waals surface area contributed by atoms with Crippen LogP contribution in [0.4, 0.5) is 0 Å². The number of hydrogen-bond donors (Lipinski definition) is 4. The number of ether oxygens (including phenoxy) is 4. The topological polar surface area (TPSA) is 186 Å². The highest BCUT2D eigenvalue weighted by atomic mass is 16.6. The lowest BCUT2D eigenvalue weighted by molar-refractivity contribution is -0.178. The number of carbonyl (C=O) groups excluding carboxylic acids is 4. The lowest BCUT2D eigenvalue weighted by atomic mass is 9.73. The molecule has 1 fully saturated rings. The predicted octanol–water partition coefficient (Wildman–Crippen LogP) is 2.37. The molecule has 0 radical (unpaired) electrons. The van der Waals surface area contributed by atoms with Gasteiger partial charge in [0, 0.05) is 32.1 Å². The number of hydrogen-bond acceptors (Lipinski definition) is 12. The Morgan fingerprint density at radius 2 is 1.44 bits per heavy atom. The van der Waals surface area contributed by atoms with Gasteiger partial charge in [-0.05, 0) is 43.5 Å². The predicted molar refractivity (Wildman–Crippen MR) is 159 cm³/mol. The molecule has 2 aliphatic carbocycles. The molecule has 0 heterocycles. The Hall–Kier alpha value is -3.58. The fourth-order valence-corrected chi connectivity index (χ4v) is 6.30. The lowest BCUT2D eigenvalue weighted by Gasteiger charge is -2.43. The van der Waals surface area contributed by atoms with E-state index < -0.39 is 83.4 Å². The van der Waals surface area contributed by atoms with Crippen molar-refractivity contribution in [1.82, 2.24) is 0 Å². The third-order valence-corrected chi connectivity index (χ3v) is 8.77. The molecule has 1 aromatic carbocycles. The van der Waals surface area contributed by atoms with E-state index in [1.54, 1.807) is 38.1 Å². The van der Waals surface area contributed by atoms with Gasteiger partial charge in [0.2, 0.25) is 0 Å². The summed E-state index contributed by atoms with van der Waals surface area (Å²) >= 11 is 0. The van der Waals surface area contributed by atoms with Crippen molar-refractivity contribution in [2.75, 3.05) is 0 Å². The monoisotopic (exact) mass is 632 g/mol. The minimum atomic E-state index is -2.49. The standard InChI is InChI=1S/C33H44O12/c1-16-14-15-32(7,8)30(44-21(6)36)27(43-20(5)35)26(42-19(4)34)17(2)24(37)23-25(18(3)29(39)33(23,41)28(16)38)45-31(40)22-12-10-9-11-13-22/h9-14,18,23-25,27-30,37-39,41H,15H2,1-8H3/b16-14+,26-17+/t18-,23+,24-,25+,27+,28-,29+,30-,33-/m1/s1. The molecule has 0 unspecified atom stereocenters. The zero-order valence-electron chi connectivity index (χ0n) is 26.8. The van der Waals surface area contributed by atoms with E-state index in [0.29, 0.717) is 0 Å². The van der Waals surface area contributed by atoms with E-state index in [1.165, 1.54) is 32.9 Å². The molecule has 1 saturated carbocycles. The first-order chi connectivity index (χ1) is 20.8. The van der Waals surface area contributed by atoms with Crippen LogP contribution in [0.25, 0.3) is 0 Å². The molecule has 0 aromatic heterocycles. The minimum absolute atomic E-state index is 0.0827. The van der Waals surface area contributed by atoms with Crippen LogP contribution in [0.5, 0.6) is 0 Å². The average molecular weight is 633 g/mol. The van der Waals surface area contributed by atoms with Crippen molar-refractivity contribution in [3.8, 4) is 0 Å². The Morgan fingerprint density at radius 3 is 1.98 bits per heavy atom. The summed E-state index contributed by atoms with van der Waals surface area (Å²) in [5.74, 6) is -6.20. The van der Waals surface area contributed by atoms with Gasteiger partial charge in [-0.15, -0.1) is 0 Å². The molecule has 4 N–H and O–H groups in total. The van der Waals surface area contributed by atoms with Crippen LogP contribution in [0, 0.1) is 17.3 Å². The van der Waals surface area contributed by atoms with Gasteiger partial charge in [0.25, 0.3) is 0 Å². The molecule has 2 aliphatic rings. The highest BCUT2D eigenvalue weighted by Crippen LogP contribution is 2.50. The highest BCUT2D eigenvalue weighted by Gasteiger charge is 2.66. The molecule has 3 rings (SSSR count). The van der Waals surface area contributed by atoms with Crippen LogP contribution >= 0.6 is 0 Å². The summed E-state index contributed by atoms with van der Waals surface area (Å²) in [4.78, 5) is 50.4. The Balaban J connectivity index is 2.36. The summed E-state index contributed by atoms with van der Waals surface area (Å²) in [7, 11) is 0. The van der Waals surface area contributed by atoms with Gasteiger partial charge < -0.3 is 39.4 Å². The molecule has 1 aromatic rings. The second-order valence-corrected chi connectivity index (χ2v) is 12.6. The highest BCUT2D eigenvalue weighted by molar-refractivity contribution is 5.89. The van der Waals surface area contributed by atoms with Gasteiger partial charge in [0.05, 0.1) is 23.7 Å². The zero-order chi connectivity index (χ0) is 34.0. The van der Waals surface area contributed by atoms with Gasteiger partial charge in [-0.1, -0.05) is 45.0 Å². The number of carbonyl (C=O) groups is 4. The third-order valence-electron chi connectivity index (χ3n) is 8.77. The number of aliphatic hydroxyl groups excluding tert-OH is 3. The van der Waals surface area contributed by atoms with Gasteiger partial charge in [-0.2, -0.15) is 0 Å². The Labute approximate surface area is 262 Å². The molecule has 0 aliphatic heterocycles. The quantitative estimate of drug-likeness (QED) is 0.211. The summed E-state index contributed by atoms with van der Waals surface area (Å²) in [6.45, 7) is 11.1. The summed E-state index contributed by atoms with van der Waals surface area (Å²) < 4.78 is 22.7. The Bertz CT molecular complexity index is 1350. The number of fused-ring (bicyclic) bond motifs is 1. The zero-order valence-corrected chi connectivity index (χ0v) is 26.8. The average Bonchev–Trinajstić information content (AvgIpc) is 3.15. The number of allylic oxidation sites excluding steroid dienone is 1. The van der Waals surface area contributed by atoms with Crippen molar-refractivity contribution >= 4 is 23.9 Å². The maximum atomic E-state index is 13.2. The second kappa shape index (κ2) is 13.8. The molecule has 248 valence electrons. The summed E-state index contributed by atoms with van der Waals surface area (Å²) in [5, 5.41) is 47.3. The molecule has 12 heteroatoms. The largest absolute Gasteiger partial charge is 0.458 e. The first-order valence-corrected chi connectivity index (χ1v) is 14.8. The molecule has 12 nitrogen and oxygen atoms in total. The maximum absolute atomic E-state index is 13.2. The summed E-state index contributed by atoms with van der Waals surface area (Å²) in [6.07, 6.45) is -7.90. The van der Waals surface area contributed by atoms with Crippen molar-refractivity contribution in [3.63, 3.8) is 0 Å². The van der Waals surface area contributed by atoms with Gasteiger partial charge in [-0.3, -0.25) is 14.4 Å². The molecule has 0 saturated heterocycles. The van der Waals surface area contributed by atoms with Crippen molar-refractivity contribution in [3.05, 3.63) is 58.9 Å². The normalized spacial score (nSPS) is 36.2. The SMILES string of the molecule is CC(=O)O/C1=C(\C)[C@@H](O)[C@H]2[C@@H](OC(=O)c3ccccc3)[C@@H](C)[C@H](O)[C@]2(O)[C@H](O)/C(C)=C/CC(C)(C)[C@H](OC(C)=O)[C@H]1OC(C)=O. The van der Waals surface area contributed by atoms with E-state index in [1.807, 2.05) is 0 Å². The first-order valence-electron chi connectivity index (χ1n) is 14.8. The molecule has 45 heavy (non-hydrogen) atoms. The number of esters is 4. The molecule has 0 amide bonds. The van der Waals surface area contributed by atoms with E-state index in [2.05, 4.69) is 0 Å². The molecular weight excluding hydrogens is 588 g/mol. The van der Waals surface area contributed by atoms with Crippen LogP contribution in [0.15, 0.2) is 53.3 Å². The summed E-state index contributed by atoms with van der Waals surface area (Å²) in [6, 6.07) is 7.96. The van der Waals surface area contributed by atoms with Crippen LogP contribution in [-0.4, -0.2) is 86.5 Å². The summed E-state index contributed by atoms with van der Waals surface area (Å²) in [5.41, 5.74) is -3.33. The van der Waals surface area contributed by atoms with E-state index in [9.17, 15) is 39.6 Å². The molecule has 9 atom stereocenters. The second-order valence-electron chi connectivity index (χ2n) is 12.6. The van der Waals surface area contributed by atoms with Gasteiger partial charge in [-0.25, -0.2) is 4.79 Å². The van der Waals surface area contributed by atoms with E-state index in [4.69, 9.17) is 18.9 Å². The van der Waals surface area contributed by atoms with Crippen molar-refractivity contribution in [2.45, 2.75) is 104 Å². The van der Waals surface area contributed by atoms with E-state index in [-0.39, 0.29) is 28.9 Å². The molecular formula is C33H44O12. The van der Waals surface area contributed by atoms with E-state index >= 15 is 0 Å². The Morgan fingerprint density at radius 1 is 0.867 bits per heavy atom. The van der Waals surface area contributed by atoms with Crippen molar-refractivity contribution in [2.24, 2.45) is 17.3 Å². The van der Waals surface area contributed by atoms with Crippen molar-refractivity contribution < 1.29 is 58.6 Å². The molecule has 0 spiro atoms. The fourth-order valence-electron chi connectivity index (χ4n) is 6.30. The maximum Gasteiger partial charge on any atom is 0.338 e. The first kappa shape index (κ1) is 35.9. The van der Waals surface area contributed by atoms with Crippen LogP contribution in [-0.2, 0) is 33.3 Å². The van der Waals surface area contributed by atoms with Crippen LogP contribution < -0.4 is 0 Å². The smallest absolute Gasteiger partial charge is 0.338 e. The Kier molecular flexibility index (Phi) is 11.0. The van der Waals surface area contributed by atoms with Gasteiger partial charge >= 0.3 is 23.9 Å². The lowest BCUT2D eigenvalue weighted by Crippen LogP contribution is -2.59. The van der Waals surface area contributed by atoms with Crippen LogP contribution in [0.1, 0.15) is 72.2 Å². The van der Waals surface area contributed by atoms with Gasteiger partial charge in [0.1, 0.15) is 17.8 Å². The number of aliphatic hydroxyl groups is 4. The van der Waals surface area contributed by atoms with Crippen LogP contribution in [0.3, 0.4) is 0 Å². The van der Waals surface area contributed by atoms with Crippen LogP contribution in [0.2, 0.25) is 0 Å². The number of rotatable bonds is 5. The fraction of sp³-hybridized carbons (Fsp3) is 0.576. The van der Waals surface area contributed by atoms with Crippen molar-refractivity contribution in [1.29, 1.82) is 0 Å². The van der Waals surface area contributed by atoms with E-state index in [0.717, 1.165) is 20.8 Å².